The summed E-state index contributed by atoms with van der Waals surface area (Å²) >= 11 is 3.42. The van der Waals surface area contributed by atoms with Gasteiger partial charge in [0.2, 0.25) is 0 Å². The lowest BCUT2D eigenvalue weighted by atomic mass is 9.87. The molecular weight excluding hydrogens is 334 g/mol. The number of amides is 1. The molecule has 1 fully saturated rings. The van der Waals surface area contributed by atoms with Gasteiger partial charge in [0.15, 0.2) is 6.61 Å². The van der Waals surface area contributed by atoms with Gasteiger partial charge < -0.3 is 15.2 Å². The zero-order chi connectivity index (χ0) is 15.2. The fourth-order valence-corrected chi connectivity index (χ4v) is 3.13. The van der Waals surface area contributed by atoms with Crippen molar-refractivity contribution in [3.8, 4) is 5.75 Å². The Labute approximate surface area is 134 Å². The molecule has 1 aliphatic rings. The highest BCUT2D eigenvalue weighted by Gasteiger charge is 2.19. The number of rotatable bonds is 5. The van der Waals surface area contributed by atoms with E-state index in [9.17, 15) is 9.90 Å². The van der Waals surface area contributed by atoms with Crippen LogP contribution in [-0.4, -0.2) is 30.3 Å². The van der Waals surface area contributed by atoms with E-state index in [4.69, 9.17) is 4.74 Å². The van der Waals surface area contributed by atoms with Gasteiger partial charge in [-0.05, 0) is 72.2 Å². The van der Waals surface area contributed by atoms with Crippen LogP contribution in [0.15, 0.2) is 22.7 Å². The lowest BCUT2D eigenvalue weighted by molar-refractivity contribution is -0.123. The van der Waals surface area contributed by atoms with Gasteiger partial charge in [-0.15, -0.1) is 0 Å². The van der Waals surface area contributed by atoms with Gasteiger partial charge >= 0.3 is 0 Å². The van der Waals surface area contributed by atoms with E-state index >= 15 is 0 Å². The number of hydrogen-bond donors (Lipinski definition) is 2. The van der Waals surface area contributed by atoms with Crippen LogP contribution < -0.4 is 10.1 Å². The maximum Gasteiger partial charge on any atom is 0.257 e. The van der Waals surface area contributed by atoms with E-state index in [0.29, 0.717) is 18.2 Å². The van der Waals surface area contributed by atoms with E-state index in [0.717, 1.165) is 35.7 Å². The van der Waals surface area contributed by atoms with Gasteiger partial charge in [-0.3, -0.25) is 4.79 Å². The zero-order valence-electron chi connectivity index (χ0n) is 12.3. The maximum atomic E-state index is 11.8. The Hall–Kier alpha value is -1.07. The summed E-state index contributed by atoms with van der Waals surface area (Å²) in [6, 6.07) is 5.77. The Morgan fingerprint density at radius 3 is 2.76 bits per heavy atom. The van der Waals surface area contributed by atoms with Crippen molar-refractivity contribution in [2.45, 2.75) is 38.7 Å². The van der Waals surface area contributed by atoms with Gasteiger partial charge in [0.25, 0.3) is 5.91 Å². The Balaban J connectivity index is 1.70. The Morgan fingerprint density at radius 1 is 1.38 bits per heavy atom. The quantitative estimate of drug-likeness (QED) is 0.853. The molecule has 0 saturated heterocycles. The molecular formula is C16H22BrNO3. The van der Waals surface area contributed by atoms with Gasteiger partial charge in [0, 0.05) is 6.54 Å². The summed E-state index contributed by atoms with van der Waals surface area (Å²) in [5, 5.41) is 12.4. The number of carbonyl (C=O) groups excluding carboxylic acids is 1. The molecule has 1 amide bonds. The molecule has 0 aromatic heterocycles. The molecule has 0 radical (unpaired) electrons. The van der Waals surface area contributed by atoms with Crippen LogP contribution in [0.3, 0.4) is 0 Å². The summed E-state index contributed by atoms with van der Waals surface area (Å²) in [6.07, 6.45) is 3.48. The topological polar surface area (TPSA) is 58.6 Å². The number of aliphatic hydroxyl groups excluding tert-OH is 1. The first-order chi connectivity index (χ1) is 10.0. The largest absolute Gasteiger partial charge is 0.483 e. The highest BCUT2D eigenvalue weighted by Crippen LogP contribution is 2.26. The van der Waals surface area contributed by atoms with Gasteiger partial charge in [-0.1, -0.05) is 6.07 Å². The second kappa shape index (κ2) is 7.80. The van der Waals surface area contributed by atoms with Gasteiger partial charge in [0.05, 0.1) is 10.6 Å². The molecule has 116 valence electrons. The first kappa shape index (κ1) is 16.3. The Kier molecular flexibility index (Phi) is 6.06. The molecule has 21 heavy (non-hydrogen) atoms. The van der Waals surface area contributed by atoms with Crippen molar-refractivity contribution >= 4 is 21.8 Å². The minimum Gasteiger partial charge on any atom is -0.483 e. The fourth-order valence-electron chi connectivity index (χ4n) is 2.52. The molecule has 0 bridgehead atoms. The molecule has 1 saturated carbocycles. The average molecular weight is 356 g/mol. The van der Waals surface area contributed by atoms with Crippen molar-refractivity contribution < 1.29 is 14.6 Å². The Morgan fingerprint density at radius 2 is 2.10 bits per heavy atom. The highest BCUT2D eigenvalue weighted by atomic mass is 79.9. The summed E-state index contributed by atoms with van der Waals surface area (Å²) in [4.78, 5) is 11.8. The second-order valence-electron chi connectivity index (χ2n) is 5.70. The maximum absolute atomic E-state index is 11.8. The van der Waals surface area contributed by atoms with E-state index < -0.39 is 0 Å². The van der Waals surface area contributed by atoms with Crippen molar-refractivity contribution in [2.24, 2.45) is 5.92 Å². The van der Waals surface area contributed by atoms with Crippen LogP contribution in [0.25, 0.3) is 0 Å². The molecule has 0 heterocycles. The number of nitrogens with one attached hydrogen (secondary N) is 1. The van der Waals surface area contributed by atoms with Crippen LogP contribution in [0.2, 0.25) is 0 Å². The minimum absolute atomic E-state index is 0.0248. The van der Waals surface area contributed by atoms with Crippen molar-refractivity contribution in [1.29, 1.82) is 0 Å². The molecule has 1 aliphatic carbocycles. The number of benzene rings is 1. The number of aliphatic hydroxyl groups is 1. The molecule has 1 aromatic carbocycles. The number of aryl methyl sites for hydroxylation is 1. The van der Waals surface area contributed by atoms with Crippen LogP contribution in [0.5, 0.6) is 5.75 Å². The summed E-state index contributed by atoms with van der Waals surface area (Å²) in [5.74, 6) is 1.05. The monoisotopic (exact) mass is 355 g/mol. The standard InChI is InChI=1S/C16H22BrNO3/c1-11-2-7-15(14(17)8-11)21-10-16(20)18-9-12-3-5-13(19)6-4-12/h2,7-8,12-13,19H,3-6,9-10H2,1H3,(H,18,20). The van der Waals surface area contributed by atoms with E-state index in [-0.39, 0.29) is 18.6 Å². The van der Waals surface area contributed by atoms with Crippen LogP contribution in [0.4, 0.5) is 0 Å². The lowest BCUT2D eigenvalue weighted by Gasteiger charge is -2.25. The Bertz CT molecular complexity index is 484. The van der Waals surface area contributed by atoms with Crippen LogP contribution in [0.1, 0.15) is 31.2 Å². The third-order valence-corrected chi connectivity index (χ3v) is 4.47. The van der Waals surface area contributed by atoms with E-state index in [1.165, 1.54) is 0 Å². The summed E-state index contributed by atoms with van der Waals surface area (Å²) in [7, 11) is 0. The molecule has 0 unspecified atom stereocenters. The predicted molar refractivity (Wildman–Crippen MR) is 85.3 cm³/mol. The van der Waals surface area contributed by atoms with Crippen molar-refractivity contribution in [3.05, 3.63) is 28.2 Å². The van der Waals surface area contributed by atoms with Crippen molar-refractivity contribution in [3.63, 3.8) is 0 Å². The predicted octanol–water partition coefficient (Wildman–Crippen LogP) is 2.80. The number of ether oxygens (including phenoxy) is 1. The number of carbonyl (C=O) groups is 1. The molecule has 0 atom stereocenters. The van der Waals surface area contributed by atoms with Crippen molar-refractivity contribution in [1.82, 2.24) is 5.32 Å². The van der Waals surface area contributed by atoms with Gasteiger partial charge in [-0.2, -0.15) is 0 Å². The van der Waals surface area contributed by atoms with E-state index in [1.807, 2.05) is 25.1 Å². The fraction of sp³-hybridized carbons (Fsp3) is 0.562. The molecule has 0 spiro atoms. The van der Waals surface area contributed by atoms with E-state index in [1.54, 1.807) is 0 Å². The summed E-state index contributed by atoms with van der Waals surface area (Å²) in [5.41, 5.74) is 1.14. The smallest absolute Gasteiger partial charge is 0.257 e. The molecule has 1 aromatic rings. The summed E-state index contributed by atoms with van der Waals surface area (Å²) in [6.45, 7) is 2.70. The summed E-state index contributed by atoms with van der Waals surface area (Å²) < 4.78 is 6.37. The molecule has 0 aliphatic heterocycles. The number of halogens is 1. The van der Waals surface area contributed by atoms with Crippen molar-refractivity contribution in [2.75, 3.05) is 13.2 Å². The minimum atomic E-state index is -0.154. The highest BCUT2D eigenvalue weighted by molar-refractivity contribution is 9.10. The average Bonchev–Trinajstić information content (AvgIpc) is 2.46. The third kappa shape index (κ3) is 5.32. The SMILES string of the molecule is Cc1ccc(OCC(=O)NCC2CCC(O)CC2)c(Br)c1. The first-order valence-corrected chi connectivity index (χ1v) is 8.17. The van der Waals surface area contributed by atoms with Gasteiger partial charge in [0.1, 0.15) is 5.75 Å². The third-order valence-electron chi connectivity index (χ3n) is 3.85. The second-order valence-corrected chi connectivity index (χ2v) is 6.56. The normalized spacial score (nSPS) is 21.9. The van der Waals surface area contributed by atoms with Gasteiger partial charge in [-0.25, -0.2) is 0 Å². The molecule has 2 rings (SSSR count). The molecule has 2 N–H and O–H groups in total. The van der Waals surface area contributed by atoms with Crippen LogP contribution >= 0.6 is 15.9 Å². The molecule has 5 heteroatoms. The molecule has 4 nitrogen and oxygen atoms in total. The lowest BCUT2D eigenvalue weighted by Crippen LogP contribution is -2.35. The number of hydrogen-bond acceptors (Lipinski definition) is 3. The van der Waals surface area contributed by atoms with Crippen LogP contribution in [-0.2, 0) is 4.79 Å². The van der Waals surface area contributed by atoms with Crippen LogP contribution in [0, 0.1) is 12.8 Å². The zero-order valence-corrected chi connectivity index (χ0v) is 13.9. The first-order valence-electron chi connectivity index (χ1n) is 7.38. The van der Waals surface area contributed by atoms with E-state index in [2.05, 4.69) is 21.2 Å².